The van der Waals surface area contributed by atoms with E-state index >= 15 is 0 Å². The normalized spacial score (nSPS) is 15.0. The van der Waals surface area contributed by atoms with Crippen LogP contribution in [-0.4, -0.2) is 258 Å². The molecule has 0 bridgehead atoms. The Kier molecular flexibility index (Phi) is 34.3. The number of carbonyl (C=O) groups excluding carboxylic acids is 3. The van der Waals surface area contributed by atoms with Crippen LogP contribution in [0.2, 0.25) is 15.1 Å². The molecule has 4 aliphatic rings. The van der Waals surface area contributed by atoms with E-state index in [1.807, 2.05) is 148 Å². The minimum Gasteiger partial charge on any atom is -0.489 e. The number of aliphatic hydroxyl groups is 2. The predicted molar refractivity (Wildman–Crippen MR) is 520 cm³/mol. The second kappa shape index (κ2) is 46.9. The first kappa shape index (κ1) is 98.2. The van der Waals surface area contributed by atoms with Gasteiger partial charge in [0.05, 0.1) is 108 Å². The molecule has 1 unspecified atom stereocenters. The molecule has 706 valence electrons. The summed E-state index contributed by atoms with van der Waals surface area (Å²) < 4.78 is 45.8. The number of fused-ring (bicyclic) bond motifs is 3. The average molecular weight is 1890 g/mol. The number of piperazine rings is 3. The molecule has 4 aliphatic heterocycles. The van der Waals surface area contributed by atoms with Crippen LogP contribution in [0.4, 0.5) is 0 Å². The third kappa shape index (κ3) is 25.8. The van der Waals surface area contributed by atoms with E-state index in [2.05, 4.69) is 50.5 Å². The van der Waals surface area contributed by atoms with Gasteiger partial charge in [-0.25, -0.2) is 15.0 Å². The fourth-order valence-corrected chi connectivity index (χ4v) is 16.8. The molecule has 32 heteroatoms. The van der Waals surface area contributed by atoms with E-state index in [1.54, 1.807) is 110 Å². The van der Waals surface area contributed by atoms with Gasteiger partial charge in [-0.1, -0.05) is 103 Å². The molecule has 0 radical (unpaired) electrons. The van der Waals surface area contributed by atoms with Crippen molar-refractivity contribution in [3.8, 4) is 51.6 Å². The van der Waals surface area contributed by atoms with Crippen molar-refractivity contribution in [1.29, 1.82) is 0 Å². The maximum Gasteiger partial charge on any atom is 0.266 e. The summed E-state index contributed by atoms with van der Waals surface area (Å²) in [5, 5.41) is 23.0. The molecule has 3 amide bonds. The third-order valence-corrected chi connectivity index (χ3v) is 24.3. The van der Waals surface area contributed by atoms with Crippen LogP contribution in [0.3, 0.4) is 0 Å². The second-order valence-electron chi connectivity index (χ2n) is 34.1. The number of para-hydroxylation sites is 6. The number of benzene rings is 9. The Morgan fingerprint density at radius 1 is 0.396 bits per heavy atom. The SMILES string of the molecule is CC(C)Oc1ccccc1-n1c(CN2CCN(C(=O)COc3ccc(Cl)cc3)CC2)nc2ccc(C(O)CO)cc2c1=O.CC(C)Oc1ccccc1-n1c(CN2CCN(C(=O)COc3ccc(Cl)cc3)CC2)nc2ccc(CN3CCOCC3)cc2c1=O.CCN(CC)Cc1ccc2nc(CN3CCN(C(=O)COc4ccc(Cl)cc4)CC3)n(-c3ccccc3OC(C)C)c(=O)c2c1. The predicted octanol–water partition coefficient (Wildman–Crippen LogP) is 13.3. The molecule has 3 aromatic heterocycles. The van der Waals surface area contributed by atoms with Crippen LogP contribution in [0.15, 0.2) is 215 Å². The van der Waals surface area contributed by atoms with Crippen LogP contribution in [0.5, 0.6) is 34.5 Å². The molecule has 7 heterocycles. The number of rotatable bonds is 32. The zero-order valence-corrected chi connectivity index (χ0v) is 79.3. The van der Waals surface area contributed by atoms with E-state index in [9.17, 15) is 39.0 Å². The number of aromatic nitrogens is 6. The van der Waals surface area contributed by atoms with E-state index < -0.39 is 12.7 Å². The molecule has 9 aromatic carbocycles. The van der Waals surface area contributed by atoms with Crippen molar-refractivity contribution < 1.29 is 57.8 Å². The number of ether oxygens (including phenoxy) is 7. The molecule has 0 spiro atoms. The molecule has 4 saturated heterocycles. The smallest absolute Gasteiger partial charge is 0.266 e. The van der Waals surface area contributed by atoms with Crippen LogP contribution in [0, 0.1) is 0 Å². The Morgan fingerprint density at radius 3 is 1.04 bits per heavy atom. The Morgan fingerprint density at radius 2 is 0.709 bits per heavy atom. The van der Waals surface area contributed by atoms with Gasteiger partial charge >= 0.3 is 0 Å². The molecule has 29 nitrogen and oxygen atoms in total. The first-order chi connectivity index (χ1) is 64.8. The number of morpholine rings is 1. The summed E-state index contributed by atoms with van der Waals surface area (Å²) >= 11 is 17.8. The topological polar surface area (TPSA) is 287 Å². The molecule has 0 aliphatic carbocycles. The quantitative estimate of drug-likeness (QED) is 0.0396. The van der Waals surface area contributed by atoms with E-state index in [0.29, 0.717) is 221 Å². The Balaban J connectivity index is 0.000000161. The molecule has 16 rings (SSSR count). The highest BCUT2D eigenvalue weighted by molar-refractivity contribution is 6.31. The zero-order valence-electron chi connectivity index (χ0n) is 77.1. The standard InChI is InChI=1S/C35H40ClN5O5.C35H42ClN5O4.C32H35ClN4O6/c1-25(2)46-32-6-4-3-5-31(32)41-33(37-30-12-7-26(21-29(30)35(41)43)22-39-17-19-44-20-18-39)23-38-13-15-40(16-14-38)34(42)24-45-28-10-8-27(36)9-11-28;1-5-38(6-2)22-26-11-16-30-29(21-26)35(43)41(31-9-7-8-10-32(31)45-25(3)4)33(37-30)23-39-17-19-40(20-18-39)34(42)24-44-28-14-12-27(36)13-15-28;1-21(2)43-29-6-4-3-5-27(29)37-30(34-26-12-7-22(28(39)19-38)17-25(26)32(37)41)18-35-13-15-36(16-14-35)31(40)20-42-24-10-8-23(33)9-11-24/h3-12,21,25H,13-20,22-24H2,1-2H3;7-16,21,25H,5-6,17-20,22-24H2,1-4H3;3-12,17,21,28,38-39H,13-16,18-20H2,1-2H3. The number of amides is 3. The summed E-state index contributed by atoms with van der Waals surface area (Å²) in [7, 11) is 0. The zero-order chi connectivity index (χ0) is 94.5. The van der Waals surface area contributed by atoms with Crippen molar-refractivity contribution in [3.05, 3.63) is 280 Å². The molecule has 1 atom stereocenters. The summed E-state index contributed by atoms with van der Waals surface area (Å²) in [5.41, 5.74) is 5.74. The Labute approximate surface area is 795 Å². The van der Waals surface area contributed by atoms with Crippen molar-refractivity contribution in [2.45, 2.75) is 113 Å². The first-order valence-electron chi connectivity index (χ1n) is 45.7. The van der Waals surface area contributed by atoms with E-state index in [4.69, 9.17) is 82.9 Å². The van der Waals surface area contributed by atoms with Crippen molar-refractivity contribution in [2.75, 3.05) is 144 Å². The number of hydrogen-bond donors (Lipinski definition) is 2. The van der Waals surface area contributed by atoms with Gasteiger partial charge in [0, 0.05) is 120 Å². The van der Waals surface area contributed by atoms with Crippen LogP contribution in [0.25, 0.3) is 49.8 Å². The lowest BCUT2D eigenvalue weighted by Crippen LogP contribution is -2.50. The third-order valence-electron chi connectivity index (χ3n) is 23.5. The number of hydrogen-bond acceptors (Lipinski definition) is 23. The summed E-state index contributed by atoms with van der Waals surface area (Å²) in [4.78, 5) is 113. The van der Waals surface area contributed by atoms with Gasteiger partial charge in [0.25, 0.3) is 34.4 Å². The lowest BCUT2D eigenvalue weighted by Gasteiger charge is -2.34. The van der Waals surface area contributed by atoms with Gasteiger partial charge in [-0.2, -0.15) is 0 Å². The fourth-order valence-electron chi connectivity index (χ4n) is 16.5. The minimum atomic E-state index is -1.11. The Hall–Kier alpha value is -11.8. The van der Waals surface area contributed by atoms with Crippen molar-refractivity contribution >= 4 is 85.2 Å². The first-order valence-corrected chi connectivity index (χ1v) is 46.9. The molecule has 4 fully saturated rings. The molecule has 12 aromatic rings. The van der Waals surface area contributed by atoms with Crippen LogP contribution < -0.4 is 45.1 Å². The molecular weight excluding hydrogens is 1770 g/mol. The number of aliphatic hydroxyl groups excluding tert-OH is 2. The highest BCUT2D eigenvalue weighted by Gasteiger charge is 2.31. The van der Waals surface area contributed by atoms with Gasteiger partial charge in [-0.3, -0.25) is 67.0 Å². The van der Waals surface area contributed by atoms with Gasteiger partial charge in [-0.05, 0) is 217 Å². The summed E-state index contributed by atoms with van der Waals surface area (Å²) in [6, 6.07) is 60.3. The minimum absolute atomic E-state index is 0.0314. The van der Waals surface area contributed by atoms with Gasteiger partial charge < -0.3 is 58.1 Å². The number of halogens is 3. The lowest BCUT2D eigenvalue weighted by molar-refractivity contribution is -0.135. The maximum atomic E-state index is 14.4. The fraction of sp³-hybridized carbons (Fsp3) is 0.382. The van der Waals surface area contributed by atoms with Crippen molar-refractivity contribution in [1.82, 2.24) is 67.9 Å². The van der Waals surface area contributed by atoms with E-state index in [-0.39, 0.29) is 72.5 Å². The molecule has 0 saturated carbocycles. The average Bonchev–Trinajstić information content (AvgIpc) is 0.767. The maximum absolute atomic E-state index is 14.4. The summed E-state index contributed by atoms with van der Waals surface area (Å²) in [5.74, 6) is 5.15. The summed E-state index contributed by atoms with van der Waals surface area (Å²) in [6.45, 7) is 30.2. The molecule has 2 N–H and O–H groups in total. The van der Waals surface area contributed by atoms with Gasteiger partial charge in [0.2, 0.25) is 0 Å². The van der Waals surface area contributed by atoms with E-state index in [1.165, 1.54) is 0 Å². The Bertz CT molecular complexity index is 6190. The van der Waals surface area contributed by atoms with Gasteiger partial charge in [0.1, 0.15) is 58.1 Å². The van der Waals surface area contributed by atoms with Crippen molar-refractivity contribution in [3.63, 3.8) is 0 Å². The van der Waals surface area contributed by atoms with Crippen LogP contribution >= 0.6 is 34.8 Å². The monoisotopic (exact) mass is 1880 g/mol. The summed E-state index contributed by atoms with van der Waals surface area (Å²) in [6.07, 6.45) is -1.35. The lowest BCUT2D eigenvalue weighted by atomic mass is 10.1. The van der Waals surface area contributed by atoms with Crippen LogP contribution in [0.1, 0.15) is 95.7 Å². The highest BCUT2D eigenvalue weighted by atomic mass is 35.5. The van der Waals surface area contributed by atoms with Gasteiger partial charge in [0.15, 0.2) is 19.8 Å². The largest absolute Gasteiger partial charge is 0.489 e. The highest BCUT2D eigenvalue weighted by Crippen LogP contribution is 2.32. The number of carbonyl (C=O) groups is 3. The number of nitrogens with zero attached hydrogens (tertiary/aromatic N) is 14. The van der Waals surface area contributed by atoms with E-state index in [0.717, 1.165) is 63.6 Å². The molecule has 134 heavy (non-hydrogen) atoms. The van der Waals surface area contributed by atoms with Crippen molar-refractivity contribution in [2.24, 2.45) is 0 Å². The second-order valence-corrected chi connectivity index (χ2v) is 35.4. The van der Waals surface area contributed by atoms with Crippen LogP contribution in [-0.2, 0) is 51.8 Å². The van der Waals surface area contributed by atoms with Gasteiger partial charge in [-0.15, -0.1) is 0 Å². The molecular formula is C102H117Cl3N14O15.